The first-order chi connectivity index (χ1) is 15.4. The molecule has 1 N–H and O–H groups in total. The van der Waals surface area contributed by atoms with Gasteiger partial charge in [-0.2, -0.15) is 5.10 Å². The lowest BCUT2D eigenvalue weighted by molar-refractivity contribution is -0.120. The van der Waals surface area contributed by atoms with Gasteiger partial charge in [-0.15, -0.1) is 5.10 Å². The van der Waals surface area contributed by atoms with Gasteiger partial charge in [0.2, 0.25) is 5.82 Å². The number of aryl methyl sites for hydroxylation is 1. The molecule has 2 aliphatic rings. The highest BCUT2D eigenvalue weighted by molar-refractivity contribution is 6.00. The van der Waals surface area contributed by atoms with Gasteiger partial charge >= 0.3 is 0 Å². The van der Waals surface area contributed by atoms with E-state index in [0.29, 0.717) is 24.7 Å². The van der Waals surface area contributed by atoms with Crippen LogP contribution in [0.1, 0.15) is 47.1 Å². The van der Waals surface area contributed by atoms with Crippen molar-refractivity contribution in [2.24, 2.45) is 0 Å². The van der Waals surface area contributed by atoms with Crippen molar-refractivity contribution < 1.29 is 18.4 Å². The normalized spacial score (nSPS) is 18.4. The number of carbonyl (C=O) groups excluding carboxylic acids is 2. The summed E-state index contributed by atoms with van der Waals surface area (Å²) in [6.07, 6.45) is 3.88. The average Bonchev–Trinajstić information content (AvgIpc) is 3.39. The van der Waals surface area contributed by atoms with Gasteiger partial charge in [-0.3, -0.25) is 14.5 Å². The Hall–Kier alpha value is -3.63. The first-order valence-electron chi connectivity index (χ1n) is 10.4. The van der Waals surface area contributed by atoms with E-state index in [9.17, 15) is 18.4 Å². The highest BCUT2D eigenvalue weighted by Crippen LogP contribution is 2.40. The molecule has 1 aliphatic carbocycles. The largest absolute Gasteiger partial charge is 0.337 e. The fraction of sp³-hybridized carbons (Fsp3) is 0.381. The molecular weight excluding hydrogens is 420 g/mol. The van der Waals surface area contributed by atoms with Crippen molar-refractivity contribution in [2.75, 3.05) is 11.9 Å². The summed E-state index contributed by atoms with van der Waals surface area (Å²) in [6.45, 7) is 0.406. The zero-order valence-electron chi connectivity index (χ0n) is 17.3. The number of hydrogen-bond donors (Lipinski definition) is 1. The number of amides is 2. The molecule has 1 atom stereocenters. The molecule has 2 amide bonds. The Morgan fingerprint density at radius 3 is 2.78 bits per heavy atom. The van der Waals surface area contributed by atoms with Gasteiger partial charge in [0, 0.05) is 31.1 Å². The van der Waals surface area contributed by atoms with Gasteiger partial charge in [-0.05, 0) is 37.5 Å². The number of benzene rings is 1. The first-order valence-corrected chi connectivity index (χ1v) is 10.4. The van der Waals surface area contributed by atoms with Gasteiger partial charge in [0.05, 0.1) is 12.2 Å². The molecule has 3 aromatic rings. The van der Waals surface area contributed by atoms with E-state index in [4.69, 9.17) is 0 Å². The smallest absolute Gasteiger partial charge is 0.291 e. The molecule has 1 aliphatic heterocycles. The van der Waals surface area contributed by atoms with Crippen LogP contribution in [0.2, 0.25) is 0 Å². The highest BCUT2D eigenvalue weighted by Gasteiger charge is 2.34. The molecule has 1 unspecified atom stereocenters. The summed E-state index contributed by atoms with van der Waals surface area (Å²) in [4.78, 5) is 31.0. The van der Waals surface area contributed by atoms with Gasteiger partial charge in [-0.1, -0.05) is 0 Å². The summed E-state index contributed by atoms with van der Waals surface area (Å²) in [6, 6.07) is 4.30. The number of nitrogens with zero attached hydrogens (tertiary/aromatic N) is 6. The average molecular weight is 441 g/mol. The Morgan fingerprint density at radius 1 is 1.19 bits per heavy atom. The van der Waals surface area contributed by atoms with Crippen molar-refractivity contribution in [1.29, 1.82) is 0 Å². The molecule has 1 aromatic carbocycles. The van der Waals surface area contributed by atoms with Crippen LogP contribution in [0.25, 0.3) is 0 Å². The van der Waals surface area contributed by atoms with Crippen LogP contribution in [0.4, 0.5) is 14.6 Å². The maximum Gasteiger partial charge on any atom is 0.291 e. The second kappa shape index (κ2) is 7.81. The molecule has 0 radical (unpaired) electrons. The van der Waals surface area contributed by atoms with Gasteiger partial charge in [0.25, 0.3) is 11.8 Å². The number of nitrogens with one attached hydrogen (secondary N) is 1. The molecule has 1 saturated carbocycles. The molecule has 0 bridgehead atoms. The van der Waals surface area contributed by atoms with E-state index in [-0.39, 0.29) is 23.8 Å². The zero-order valence-corrected chi connectivity index (χ0v) is 17.3. The minimum atomic E-state index is -0.758. The fourth-order valence-electron chi connectivity index (χ4n) is 3.83. The maximum absolute atomic E-state index is 13.8. The lowest BCUT2D eigenvalue weighted by atomic mass is 10.2. The molecule has 0 saturated heterocycles. The molecule has 5 rings (SSSR count). The van der Waals surface area contributed by atoms with E-state index in [1.807, 2.05) is 6.07 Å². The SMILES string of the molecule is CN1C(=O)C(NC(=O)c2ncn(Cc3cc(F)ccc3F)n2)CCn2nc(C3CC3)cc21. The van der Waals surface area contributed by atoms with E-state index in [0.717, 1.165) is 36.7 Å². The predicted molar refractivity (Wildman–Crippen MR) is 109 cm³/mol. The third-order valence-corrected chi connectivity index (χ3v) is 5.76. The Morgan fingerprint density at radius 2 is 2.00 bits per heavy atom. The fourth-order valence-corrected chi connectivity index (χ4v) is 3.83. The van der Waals surface area contributed by atoms with Crippen molar-refractivity contribution in [3.63, 3.8) is 0 Å². The topological polar surface area (TPSA) is 97.9 Å². The standard InChI is InChI=1S/C21H21F2N7O2/c1-28-18-9-17(12-2-3-12)26-30(18)7-6-16(21(28)32)25-20(31)19-24-11-29(27-19)10-13-8-14(22)4-5-15(13)23/h4-5,8-9,11-12,16H,2-3,6-7,10H2,1H3,(H,25,31). The Bertz CT molecular complexity index is 1200. The lowest BCUT2D eigenvalue weighted by Gasteiger charge is -2.19. The minimum absolute atomic E-state index is 0.0839. The Balaban J connectivity index is 1.26. The van der Waals surface area contributed by atoms with Crippen LogP contribution in [-0.4, -0.2) is 49.4 Å². The zero-order chi connectivity index (χ0) is 22.4. The van der Waals surface area contributed by atoms with E-state index >= 15 is 0 Å². The van der Waals surface area contributed by atoms with Crippen LogP contribution in [0, 0.1) is 11.6 Å². The van der Waals surface area contributed by atoms with Crippen molar-refractivity contribution >= 4 is 17.6 Å². The Labute approximate surface area is 182 Å². The number of halogens is 2. The summed E-state index contributed by atoms with van der Waals surface area (Å²) < 4.78 is 30.3. The van der Waals surface area contributed by atoms with E-state index in [1.54, 1.807) is 11.7 Å². The van der Waals surface area contributed by atoms with Crippen LogP contribution in [0.3, 0.4) is 0 Å². The molecule has 2 aromatic heterocycles. The quantitative estimate of drug-likeness (QED) is 0.652. The number of carbonyl (C=O) groups is 2. The summed E-state index contributed by atoms with van der Waals surface area (Å²) in [7, 11) is 1.66. The molecular formula is C21H21F2N7O2. The van der Waals surface area contributed by atoms with Crippen LogP contribution < -0.4 is 10.2 Å². The third kappa shape index (κ3) is 3.85. The number of fused-ring (bicyclic) bond motifs is 1. The summed E-state index contributed by atoms with van der Waals surface area (Å²) in [5.41, 5.74) is 1.09. The van der Waals surface area contributed by atoms with Gasteiger partial charge in [-0.25, -0.2) is 23.1 Å². The molecule has 11 heteroatoms. The van der Waals surface area contributed by atoms with Gasteiger partial charge < -0.3 is 5.32 Å². The highest BCUT2D eigenvalue weighted by atomic mass is 19.1. The molecule has 32 heavy (non-hydrogen) atoms. The second-order valence-corrected chi connectivity index (χ2v) is 8.14. The number of hydrogen-bond acceptors (Lipinski definition) is 5. The van der Waals surface area contributed by atoms with E-state index in [2.05, 4.69) is 20.5 Å². The minimum Gasteiger partial charge on any atom is -0.337 e. The summed E-state index contributed by atoms with van der Waals surface area (Å²) in [5.74, 6) is -0.977. The first kappa shape index (κ1) is 20.3. The van der Waals surface area contributed by atoms with E-state index in [1.165, 1.54) is 15.9 Å². The van der Waals surface area contributed by atoms with Crippen LogP contribution in [0.5, 0.6) is 0 Å². The second-order valence-electron chi connectivity index (χ2n) is 8.14. The van der Waals surface area contributed by atoms with Gasteiger partial charge in [0.1, 0.15) is 29.8 Å². The Kier molecular flexibility index (Phi) is 4.95. The lowest BCUT2D eigenvalue weighted by Crippen LogP contribution is -2.47. The summed E-state index contributed by atoms with van der Waals surface area (Å²) in [5, 5.41) is 11.3. The van der Waals surface area contributed by atoms with E-state index < -0.39 is 23.6 Å². The van der Waals surface area contributed by atoms with Crippen LogP contribution in [-0.2, 0) is 17.9 Å². The molecule has 166 valence electrons. The summed E-state index contributed by atoms with van der Waals surface area (Å²) >= 11 is 0. The number of rotatable bonds is 5. The number of likely N-dealkylation sites (N-methyl/N-ethyl adjacent to an activating group) is 1. The maximum atomic E-state index is 13.8. The molecule has 3 heterocycles. The predicted octanol–water partition coefficient (Wildman–Crippen LogP) is 1.84. The monoisotopic (exact) mass is 441 g/mol. The molecule has 9 nitrogen and oxygen atoms in total. The van der Waals surface area contributed by atoms with Crippen molar-refractivity contribution in [2.45, 2.75) is 44.3 Å². The van der Waals surface area contributed by atoms with Crippen molar-refractivity contribution in [1.82, 2.24) is 29.9 Å². The van der Waals surface area contributed by atoms with Crippen LogP contribution in [0.15, 0.2) is 30.6 Å². The number of anilines is 1. The van der Waals surface area contributed by atoms with Gasteiger partial charge in [0.15, 0.2) is 0 Å². The molecule has 0 spiro atoms. The number of aromatic nitrogens is 5. The van der Waals surface area contributed by atoms with Crippen LogP contribution >= 0.6 is 0 Å². The third-order valence-electron chi connectivity index (χ3n) is 5.76. The van der Waals surface area contributed by atoms with Crippen molar-refractivity contribution in [3.05, 3.63) is 59.3 Å². The van der Waals surface area contributed by atoms with Crippen molar-refractivity contribution in [3.8, 4) is 0 Å². The molecule has 1 fully saturated rings.